The van der Waals surface area contributed by atoms with Crippen LogP contribution in [0, 0.1) is 11.8 Å². The molecule has 0 heterocycles. The highest BCUT2D eigenvalue weighted by Crippen LogP contribution is 2.41. The maximum Gasteiger partial charge on any atom is 0.0543 e. The average molecular weight is 294 g/mol. The molecule has 4 unspecified atom stereocenters. The van der Waals surface area contributed by atoms with Crippen LogP contribution < -0.4 is 0 Å². The van der Waals surface area contributed by atoms with Gasteiger partial charge in [0.1, 0.15) is 0 Å². The van der Waals surface area contributed by atoms with Gasteiger partial charge in [0, 0.05) is 3.92 Å². The van der Waals surface area contributed by atoms with Crippen LogP contribution in [0.4, 0.5) is 0 Å². The first-order valence-electron chi connectivity index (χ1n) is 5.58. The van der Waals surface area contributed by atoms with Crippen molar-refractivity contribution in [3.8, 4) is 0 Å². The normalized spacial score (nSPS) is 46.6. The third-order valence-corrected chi connectivity index (χ3v) is 4.89. The van der Waals surface area contributed by atoms with E-state index in [-0.39, 0.29) is 6.10 Å². The van der Waals surface area contributed by atoms with Gasteiger partial charge in [-0.3, -0.25) is 0 Å². The van der Waals surface area contributed by atoms with E-state index in [4.69, 9.17) is 0 Å². The number of aliphatic hydroxyl groups is 1. The second-order valence-corrected chi connectivity index (χ2v) is 6.51. The van der Waals surface area contributed by atoms with Gasteiger partial charge in [-0.1, -0.05) is 35.4 Å². The molecular formula is C11H19IO. The minimum absolute atomic E-state index is 0.0204. The standard InChI is InChI=1S/C11H19IO/c12-10-3-1-2-8-7-11(13)5-4-9(8)6-10/h8-11,13H,1-7H2. The number of hydrogen-bond donors (Lipinski definition) is 1. The molecule has 0 aromatic carbocycles. The van der Waals surface area contributed by atoms with Crippen LogP contribution >= 0.6 is 22.6 Å². The maximum absolute atomic E-state index is 9.60. The van der Waals surface area contributed by atoms with E-state index in [0.29, 0.717) is 0 Å². The molecule has 2 aliphatic rings. The van der Waals surface area contributed by atoms with Gasteiger partial charge in [0.2, 0.25) is 0 Å². The number of alkyl halides is 1. The molecule has 1 nitrogen and oxygen atoms in total. The summed E-state index contributed by atoms with van der Waals surface area (Å²) in [7, 11) is 0. The van der Waals surface area contributed by atoms with Crippen molar-refractivity contribution in [1.82, 2.24) is 0 Å². The molecule has 0 bridgehead atoms. The summed E-state index contributed by atoms with van der Waals surface area (Å²) >= 11 is 2.61. The molecule has 0 aliphatic heterocycles. The first kappa shape index (κ1) is 10.2. The molecule has 0 aromatic rings. The molecule has 2 fully saturated rings. The lowest BCUT2D eigenvalue weighted by Gasteiger charge is -2.33. The molecule has 0 spiro atoms. The molecule has 2 saturated carbocycles. The van der Waals surface area contributed by atoms with Crippen molar-refractivity contribution in [3.63, 3.8) is 0 Å². The zero-order valence-corrected chi connectivity index (χ0v) is 10.2. The van der Waals surface area contributed by atoms with E-state index in [9.17, 15) is 5.11 Å². The molecule has 2 heteroatoms. The van der Waals surface area contributed by atoms with Gasteiger partial charge in [0.15, 0.2) is 0 Å². The van der Waals surface area contributed by atoms with Crippen LogP contribution in [-0.2, 0) is 0 Å². The molecular weight excluding hydrogens is 275 g/mol. The van der Waals surface area contributed by atoms with Crippen molar-refractivity contribution >= 4 is 22.6 Å². The Labute approximate surface area is 94.4 Å². The van der Waals surface area contributed by atoms with E-state index < -0.39 is 0 Å². The van der Waals surface area contributed by atoms with Crippen LogP contribution in [0.1, 0.15) is 44.9 Å². The maximum atomic E-state index is 9.60. The summed E-state index contributed by atoms with van der Waals surface area (Å²) < 4.78 is 0.905. The molecule has 2 aliphatic carbocycles. The van der Waals surface area contributed by atoms with E-state index in [0.717, 1.165) is 28.6 Å². The van der Waals surface area contributed by atoms with Gasteiger partial charge in [-0.15, -0.1) is 0 Å². The van der Waals surface area contributed by atoms with Crippen molar-refractivity contribution in [2.75, 3.05) is 0 Å². The summed E-state index contributed by atoms with van der Waals surface area (Å²) in [5, 5.41) is 9.60. The Bertz CT molecular complexity index is 169. The highest BCUT2D eigenvalue weighted by Gasteiger charge is 2.32. The van der Waals surface area contributed by atoms with Crippen molar-refractivity contribution in [1.29, 1.82) is 0 Å². The van der Waals surface area contributed by atoms with Crippen molar-refractivity contribution in [3.05, 3.63) is 0 Å². The summed E-state index contributed by atoms with van der Waals surface area (Å²) in [5.74, 6) is 1.79. The van der Waals surface area contributed by atoms with Crippen molar-refractivity contribution < 1.29 is 5.11 Å². The Morgan fingerprint density at radius 1 is 0.923 bits per heavy atom. The molecule has 0 saturated heterocycles. The van der Waals surface area contributed by atoms with Crippen LogP contribution in [0.3, 0.4) is 0 Å². The van der Waals surface area contributed by atoms with Gasteiger partial charge in [0.05, 0.1) is 6.10 Å². The first-order chi connectivity index (χ1) is 6.25. The Morgan fingerprint density at radius 2 is 1.69 bits per heavy atom. The largest absolute Gasteiger partial charge is 0.393 e. The zero-order chi connectivity index (χ0) is 9.26. The minimum Gasteiger partial charge on any atom is -0.393 e. The lowest BCUT2D eigenvalue weighted by atomic mass is 9.75. The average Bonchev–Trinajstić information content (AvgIpc) is 2.25. The van der Waals surface area contributed by atoms with Crippen molar-refractivity contribution in [2.45, 2.75) is 55.0 Å². The summed E-state index contributed by atoms with van der Waals surface area (Å²) in [6.07, 6.45) is 9.04. The Kier molecular flexibility index (Phi) is 3.52. The summed E-state index contributed by atoms with van der Waals surface area (Å²) in [6, 6.07) is 0. The predicted octanol–water partition coefficient (Wildman–Crippen LogP) is 3.14. The number of aliphatic hydroxyl groups excluding tert-OH is 1. The summed E-state index contributed by atoms with van der Waals surface area (Å²) in [4.78, 5) is 0. The van der Waals surface area contributed by atoms with Crippen LogP contribution in [0.15, 0.2) is 0 Å². The van der Waals surface area contributed by atoms with Crippen LogP contribution in [0.5, 0.6) is 0 Å². The van der Waals surface area contributed by atoms with E-state index in [1.807, 2.05) is 0 Å². The lowest BCUT2D eigenvalue weighted by molar-refractivity contribution is 0.0661. The molecule has 76 valence electrons. The zero-order valence-electron chi connectivity index (χ0n) is 8.08. The van der Waals surface area contributed by atoms with Gasteiger partial charge in [-0.05, 0) is 43.9 Å². The van der Waals surface area contributed by atoms with Crippen LogP contribution in [0.2, 0.25) is 0 Å². The number of rotatable bonds is 0. The molecule has 0 amide bonds. The topological polar surface area (TPSA) is 20.2 Å². The van der Waals surface area contributed by atoms with E-state index in [2.05, 4.69) is 22.6 Å². The molecule has 2 rings (SSSR count). The SMILES string of the molecule is OC1CCC2CC(I)CCCC2C1. The molecule has 0 radical (unpaired) electrons. The molecule has 13 heavy (non-hydrogen) atoms. The molecule has 1 N–H and O–H groups in total. The fraction of sp³-hybridized carbons (Fsp3) is 1.00. The highest BCUT2D eigenvalue weighted by atomic mass is 127. The fourth-order valence-corrected chi connectivity index (χ4v) is 4.11. The molecule has 0 aromatic heterocycles. The van der Waals surface area contributed by atoms with Gasteiger partial charge >= 0.3 is 0 Å². The number of fused-ring (bicyclic) bond motifs is 1. The van der Waals surface area contributed by atoms with Gasteiger partial charge in [-0.2, -0.15) is 0 Å². The van der Waals surface area contributed by atoms with E-state index >= 15 is 0 Å². The smallest absolute Gasteiger partial charge is 0.0543 e. The van der Waals surface area contributed by atoms with E-state index in [1.165, 1.54) is 32.1 Å². The Hall–Kier alpha value is 0.690. The lowest BCUT2D eigenvalue weighted by Crippen LogP contribution is -2.27. The Balaban J connectivity index is 1.97. The molecule has 4 atom stereocenters. The number of hydrogen-bond acceptors (Lipinski definition) is 1. The predicted molar refractivity (Wildman–Crippen MR) is 63.1 cm³/mol. The third-order valence-electron chi connectivity index (χ3n) is 3.76. The fourth-order valence-electron chi connectivity index (χ4n) is 3.01. The quantitative estimate of drug-likeness (QED) is 0.537. The van der Waals surface area contributed by atoms with Crippen LogP contribution in [0.25, 0.3) is 0 Å². The Morgan fingerprint density at radius 3 is 2.54 bits per heavy atom. The van der Waals surface area contributed by atoms with Gasteiger partial charge in [-0.25, -0.2) is 0 Å². The first-order valence-corrected chi connectivity index (χ1v) is 6.82. The van der Waals surface area contributed by atoms with Gasteiger partial charge in [0.25, 0.3) is 0 Å². The summed E-state index contributed by atoms with van der Waals surface area (Å²) in [5.41, 5.74) is 0. The van der Waals surface area contributed by atoms with Crippen LogP contribution in [-0.4, -0.2) is 15.1 Å². The van der Waals surface area contributed by atoms with E-state index in [1.54, 1.807) is 0 Å². The monoisotopic (exact) mass is 294 g/mol. The highest BCUT2D eigenvalue weighted by molar-refractivity contribution is 14.1. The third kappa shape index (κ3) is 2.58. The van der Waals surface area contributed by atoms with Gasteiger partial charge < -0.3 is 5.11 Å². The second-order valence-electron chi connectivity index (χ2n) is 4.75. The number of halogens is 1. The summed E-state index contributed by atoms with van der Waals surface area (Å²) in [6.45, 7) is 0. The van der Waals surface area contributed by atoms with Crippen molar-refractivity contribution in [2.24, 2.45) is 11.8 Å². The second kappa shape index (κ2) is 4.47. The minimum atomic E-state index is 0.0204.